The van der Waals surface area contributed by atoms with Crippen LogP contribution in [-0.2, 0) is 19.6 Å². The number of methoxy groups -OCH3 is 1. The molecule has 2 N–H and O–H groups in total. The molecule has 1 aliphatic heterocycles. The van der Waals surface area contributed by atoms with Gasteiger partial charge in [-0.15, -0.1) is 0 Å². The second-order valence-electron chi connectivity index (χ2n) is 7.52. The van der Waals surface area contributed by atoms with E-state index in [1.165, 1.54) is 19.2 Å². The summed E-state index contributed by atoms with van der Waals surface area (Å²) in [6.07, 6.45) is 2.80. The second kappa shape index (κ2) is 10.9. The summed E-state index contributed by atoms with van der Waals surface area (Å²) in [5.74, 6) is -0.758. The number of nitrogens with zero attached hydrogens (tertiary/aromatic N) is 1. The number of rotatable bonds is 9. The number of amides is 2. The maximum absolute atomic E-state index is 12.8. The fourth-order valence-corrected chi connectivity index (χ4v) is 4.47. The maximum Gasteiger partial charge on any atom is 0.253 e. The van der Waals surface area contributed by atoms with Crippen LogP contribution in [0.2, 0.25) is 5.02 Å². The van der Waals surface area contributed by atoms with Crippen molar-refractivity contribution < 1.29 is 27.5 Å². The van der Waals surface area contributed by atoms with Gasteiger partial charge in [0.2, 0.25) is 15.9 Å². The number of benzene rings is 2. The number of carbonyl (C=O) groups excluding carboxylic acids is 2. The molecule has 1 aliphatic rings. The Morgan fingerprint density at radius 2 is 2.00 bits per heavy atom. The molecule has 0 aliphatic carbocycles. The molecular formula is C22H26ClN3O6S. The number of halogens is 1. The van der Waals surface area contributed by atoms with Gasteiger partial charge in [-0.2, -0.15) is 0 Å². The third kappa shape index (κ3) is 6.59. The Hall–Kier alpha value is -2.82. The van der Waals surface area contributed by atoms with Crippen LogP contribution in [0.5, 0.6) is 5.75 Å². The van der Waals surface area contributed by atoms with Crippen molar-refractivity contribution in [2.75, 3.05) is 42.7 Å². The first-order valence-corrected chi connectivity index (χ1v) is 12.5. The van der Waals surface area contributed by atoms with Crippen molar-refractivity contribution in [1.29, 1.82) is 0 Å². The van der Waals surface area contributed by atoms with Gasteiger partial charge in [0.15, 0.2) is 0 Å². The van der Waals surface area contributed by atoms with Crippen molar-refractivity contribution in [3.63, 3.8) is 0 Å². The Kier molecular flexibility index (Phi) is 8.17. The molecule has 0 bridgehead atoms. The normalized spacial score (nSPS) is 15.7. The molecule has 9 nitrogen and oxygen atoms in total. The molecule has 178 valence electrons. The highest BCUT2D eigenvalue weighted by atomic mass is 35.5. The first-order chi connectivity index (χ1) is 15.7. The average Bonchev–Trinajstić information content (AvgIpc) is 3.29. The fraction of sp³-hybridized carbons (Fsp3) is 0.364. The largest absolute Gasteiger partial charge is 0.495 e. The Balaban J connectivity index is 1.76. The van der Waals surface area contributed by atoms with E-state index in [1.54, 1.807) is 30.3 Å². The lowest BCUT2D eigenvalue weighted by Gasteiger charge is -2.24. The van der Waals surface area contributed by atoms with Gasteiger partial charge in [-0.1, -0.05) is 23.7 Å². The van der Waals surface area contributed by atoms with Crippen LogP contribution >= 0.6 is 11.6 Å². The summed E-state index contributed by atoms with van der Waals surface area (Å²) in [7, 11) is -2.47. The van der Waals surface area contributed by atoms with Gasteiger partial charge in [0.05, 0.1) is 36.4 Å². The summed E-state index contributed by atoms with van der Waals surface area (Å²) >= 11 is 6.04. The molecule has 3 rings (SSSR count). The van der Waals surface area contributed by atoms with Crippen LogP contribution in [0.25, 0.3) is 0 Å². The highest BCUT2D eigenvalue weighted by Crippen LogP contribution is 2.32. The molecule has 0 spiro atoms. The second-order valence-corrected chi connectivity index (χ2v) is 9.87. The lowest BCUT2D eigenvalue weighted by atomic mass is 10.1. The number of anilines is 2. The molecule has 0 unspecified atom stereocenters. The molecule has 0 saturated carbocycles. The molecule has 1 atom stereocenters. The van der Waals surface area contributed by atoms with Gasteiger partial charge >= 0.3 is 0 Å². The Morgan fingerprint density at radius 1 is 1.24 bits per heavy atom. The monoisotopic (exact) mass is 495 g/mol. The number of sulfonamides is 1. The number of carbonyl (C=O) groups is 2. The Bertz CT molecular complexity index is 1120. The van der Waals surface area contributed by atoms with Crippen LogP contribution in [0.1, 0.15) is 23.2 Å². The zero-order valence-electron chi connectivity index (χ0n) is 18.3. The van der Waals surface area contributed by atoms with Crippen LogP contribution in [-0.4, -0.2) is 59.4 Å². The summed E-state index contributed by atoms with van der Waals surface area (Å²) in [5, 5.41) is 5.73. The topological polar surface area (TPSA) is 114 Å². The Morgan fingerprint density at radius 3 is 2.67 bits per heavy atom. The van der Waals surface area contributed by atoms with E-state index >= 15 is 0 Å². The summed E-state index contributed by atoms with van der Waals surface area (Å²) in [4.78, 5) is 25.5. The van der Waals surface area contributed by atoms with Crippen molar-refractivity contribution in [2.45, 2.75) is 18.9 Å². The zero-order chi connectivity index (χ0) is 24.0. The van der Waals surface area contributed by atoms with Gasteiger partial charge in [0.1, 0.15) is 12.3 Å². The quantitative estimate of drug-likeness (QED) is 0.553. The maximum atomic E-state index is 12.8. The minimum absolute atomic E-state index is 0.0216. The van der Waals surface area contributed by atoms with Crippen molar-refractivity contribution in [2.24, 2.45) is 0 Å². The lowest BCUT2D eigenvalue weighted by molar-refractivity contribution is -0.114. The molecule has 0 radical (unpaired) electrons. The van der Waals surface area contributed by atoms with Crippen molar-refractivity contribution in [1.82, 2.24) is 5.32 Å². The first kappa shape index (κ1) is 24.8. The molecule has 2 amide bonds. The molecule has 33 heavy (non-hydrogen) atoms. The zero-order valence-corrected chi connectivity index (χ0v) is 19.9. The number of ether oxygens (including phenoxy) is 2. The standard InChI is InChI=1S/C22H26ClN3O6S/c1-31-20-10-9-15(23)12-19(20)26(33(2,29)30)14-21(27)25-18-8-4-3-7-17(18)22(28)24-13-16-6-5-11-32-16/h3-4,7-10,12,16H,5-6,11,13-14H2,1-2H3,(H,24,28)(H,25,27)/t16-/m0/s1. The summed E-state index contributed by atoms with van der Waals surface area (Å²) in [6, 6.07) is 11.0. The third-order valence-electron chi connectivity index (χ3n) is 5.06. The summed E-state index contributed by atoms with van der Waals surface area (Å²) in [5.41, 5.74) is 0.652. The molecular weight excluding hydrogens is 470 g/mol. The third-order valence-corrected chi connectivity index (χ3v) is 6.42. The number of hydrogen-bond acceptors (Lipinski definition) is 6. The van der Waals surface area contributed by atoms with Gasteiger partial charge in [-0.25, -0.2) is 8.42 Å². The van der Waals surface area contributed by atoms with Crippen LogP contribution < -0.4 is 19.7 Å². The van der Waals surface area contributed by atoms with E-state index < -0.39 is 22.5 Å². The molecule has 2 aromatic carbocycles. The minimum atomic E-state index is -3.86. The molecule has 1 saturated heterocycles. The van der Waals surface area contributed by atoms with Gasteiger partial charge < -0.3 is 20.1 Å². The highest BCUT2D eigenvalue weighted by molar-refractivity contribution is 7.92. The summed E-state index contributed by atoms with van der Waals surface area (Å²) < 4.78 is 36.6. The molecule has 0 aromatic heterocycles. The average molecular weight is 496 g/mol. The van der Waals surface area contributed by atoms with Crippen molar-refractivity contribution in [3.05, 3.63) is 53.1 Å². The van der Waals surface area contributed by atoms with Gasteiger partial charge in [0.25, 0.3) is 5.91 Å². The number of nitrogens with one attached hydrogen (secondary N) is 2. The minimum Gasteiger partial charge on any atom is -0.495 e. The summed E-state index contributed by atoms with van der Waals surface area (Å²) in [6.45, 7) is 0.514. The smallest absolute Gasteiger partial charge is 0.253 e. The van der Waals surface area contributed by atoms with E-state index in [0.717, 1.165) is 23.4 Å². The fourth-order valence-electron chi connectivity index (χ4n) is 3.46. The molecule has 2 aromatic rings. The van der Waals surface area contributed by atoms with E-state index in [1.807, 2.05) is 0 Å². The van der Waals surface area contributed by atoms with Crippen LogP contribution in [0.3, 0.4) is 0 Å². The Labute approximate surface area is 198 Å². The van der Waals surface area contributed by atoms with E-state index in [-0.39, 0.29) is 39.7 Å². The van der Waals surface area contributed by atoms with E-state index in [2.05, 4.69) is 10.6 Å². The van der Waals surface area contributed by atoms with Crippen LogP contribution in [0.15, 0.2) is 42.5 Å². The van der Waals surface area contributed by atoms with Gasteiger partial charge in [-0.05, 0) is 43.2 Å². The molecule has 11 heteroatoms. The van der Waals surface area contributed by atoms with Gasteiger partial charge in [0, 0.05) is 18.2 Å². The van der Waals surface area contributed by atoms with Crippen LogP contribution in [0, 0.1) is 0 Å². The first-order valence-electron chi connectivity index (χ1n) is 10.3. The van der Waals surface area contributed by atoms with E-state index in [4.69, 9.17) is 21.1 Å². The van der Waals surface area contributed by atoms with E-state index in [9.17, 15) is 18.0 Å². The van der Waals surface area contributed by atoms with Crippen molar-refractivity contribution >= 4 is 44.8 Å². The number of para-hydroxylation sites is 1. The molecule has 1 heterocycles. The van der Waals surface area contributed by atoms with Crippen molar-refractivity contribution in [3.8, 4) is 5.75 Å². The highest BCUT2D eigenvalue weighted by Gasteiger charge is 2.25. The predicted octanol–water partition coefficient (Wildman–Crippen LogP) is 2.66. The SMILES string of the molecule is COc1ccc(Cl)cc1N(CC(=O)Nc1ccccc1C(=O)NC[C@@H]1CCCO1)S(C)(=O)=O. The number of hydrogen-bond donors (Lipinski definition) is 2. The van der Waals surface area contributed by atoms with Gasteiger partial charge in [-0.3, -0.25) is 13.9 Å². The van der Waals surface area contributed by atoms with E-state index in [0.29, 0.717) is 13.2 Å². The molecule has 1 fully saturated rings. The predicted molar refractivity (Wildman–Crippen MR) is 127 cm³/mol. The van der Waals surface area contributed by atoms with Crippen LogP contribution in [0.4, 0.5) is 11.4 Å². The lowest BCUT2D eigenvalue weighted by Crippen LogP contribution is -2.38.